The smallest absolute Gasteiger partial charge is 0.336 e. The molecule has 6 nitrogen and oxygen atoms in total. The maximum atomic E-state index is 11.4. The Balaban J connectivity index is 2.57. The van der Waals surface area contributed by atoms with E-state index in [-0.39, 0.29) is 5.56 Å². The summed E-state index contributed by atoms with van der Waals surface area (Å²) < 4.78 is 31.3. The number of carboxylic acid groups (broad SMARTS) is 1. The number of benzene rings is 2. The summed E-state index contributed by atoms with van der Waals surface area (Å²) in [4.78, 5) is 12.8. The van der Waals surface area contributed by atoms with Crippen LogP contribution in [0.2, 0.25) is 0 Å². The van der Waals surface area contributed by atoms with Gasteiger partial charge in [-0.1, -0.05) is 18.2 Å². The van der Waals surface area contributed by atoms with Gasteiger partial charge in [-0.2, -0.15) is 8.42 Å². The normalized spacial score (nSPS) is 11.2. The lowest BCUT2D eigenvalue weighted by atomic mass is 9.99. The van der Waals surface area contributed by atoms with Gasteiger partial charge in [0.2, 0.25) is 0 Å². The van der Waals surface area contributed by atoms with Crippen molar-refractivity contribution in [2.75, 3.05) is 19.0 Å². The van der Waals surface area contributed by atoms with Gasteiger partial charge in [0.1, 0.15) is 0 Å². The van der Waals surface area contributed by atoms with E-state index in [0.29, 0.717) is 11.1 Å². The van der Waals surface area contributed by atoms with Crippen LogP contribution < -0.4 is 4.90 Å². The molecule has 0 aromatic heterocycles. The van der Waals surface area contributed by atoms with E-state index in [0.717, 1.165) is 11.8 Å². The van der Waals surface area contributed by atoms with Crippen molar-refractivity contribution in [3.05, 3.63) is 48.0 Å². The molecule has 0 saturated heterocycles. The van der Waals surface area contributed by atoms with E-state index in [2.05, 4.69) is 0 Å². The third kappa shape index (κ3) is 3.26. The Kier molecular flexibility index (Phi) is 4.20. The Morgan fingerprint density at radius 3 is 2.09 bits per heavy atom. The van der Waals surface area contributed by atoms with Gasteiger partial charge in [-0.3, -0.25) is 4.55 Å². The van der Waals surface area contributed by atoms with Crippen LogP contribution in [0.25, 0.3) is 11.1 Å². The molecule has 0 aliphatic carbocycles. The maximum absolute atomic E-state index is 11.4. The van der Waals surface area contributed by atoms with Crippen LogP contribution in [0, 0.1) is 0 Å². The Bertz CT molecular complexity index is 810. The topological polar surface area (TPSA) is 94.9 Å². The summed E-state index contributed by atoms with van der Waals surface area (Å²) in [6.45, 7) is 0. The van der Waals surface area contributed by atoms with Crippen LogP contribution in [0.3, 0.4) is 0 Å². The van der Waals surface area contributed by atoms with Crippen LogP contribution in [-0.4, -0.2) is 38.1 Å². The van der Waals surface area contributed by atoms with Crippen molar-refractivity contribution < 1.29 is 22.9 Å². The fourth-order valence-electron chi connectivity index (χ4n) is 2.05. The number of nitrogens with zero attached hydrogens (tertiary/aromatic N) is 1. The SMILES string of the molecule is CN(C)c1ccc(-c2ccc(S(=O)(=O)O)cc2C(=O)O)cc1. The van der Waals surface area contributed by atoms with Crippen molar-refractivity contribution in [2.24, 2.45) is 0 Å². The Morgan fingerprint density at radius 2 is 1.64 bits per heavy atom. The second-order valence-corrected chi connectivity index (χ2v) is 6.35. The summed E-state index contributed by atoms with van der Waals surface area (Å²) >= 11 is 0. The molecule has 0 unspecified atom stereocenters. The fourth-order valence-corrected chi connectivity index (χ4v) is 2.56. The van der Waals surface area contributed by atoms with E-state index in [1.807, 2.05) is 31.1 Å². The molecular formula is C15H15NO5S. The Hall–Kier alpha value is -2.38. The summed E-state index contributed by atoms with van der Waals surface area (Å²) in [5, 5.41) is 9.28. The van der Waals surface area contributed by atoms with Crippen molar-refractivity contribution >= 4 is 21.8 Å². The first kappa shape index (κ1) is 16.0. The Morgan fingerprint density at radius 1 is 1.05 bits per heavy atom. The zero-order valence-electron chi connectivity index (χ0n) is 12.0. The van der Waals surface area contributed by atoms with Gasteiger partial charge in [-0.25, -0.2) is 4.79 Å². The predicted molar refractivity (Wildman–Crippen MR) is 83.0 cm³/mol. The first-order valence-corrected chi connectivity index (χ1v) is 7.77. The minimum atomic E-state index is -4.45. The molecule has 0 spiro atoms. The van der Waals surface area contributed by atoms with Crippen molar-refractivity contribution in [2.45, 2.75) is 4.90 Å². The lowest BCUT2D eigenvalue weighted by Gasteiger charge is -2.13. The molecule has 0 bridgehead atoms. The predicted octanol–water partition coefficient (Wildman–Crippen LogP) is 2.36. The van der Waals surface area contributed by atoms with Crippen LogP contribution in [0.15, 0.2) is 47.4 Å². The molecule has 2 N–H and O–H groups in total. The highest BCUT2D eigenvalue weighted by molar-refractivity contribution is 7.85. The van der Waals surface area contributed by atoms with Crippen molar-refractivity contribution in [3.8, 4) is 11.1 Å². The first-order valence-electron chi connectivity index (χ1n) is 6.33. The van der Waals surface area contributed by atoms with E-state index in [9.17, 15) is 18.3 Å². The van der Waals surface area contributed by atoms with E-state index < -0.39 is 21.0 Å². The number of hydrogen-bond donors (Lipinski definition) is 2. The van der Waals surface area contributed by atoms with E-state index in [1.54, 1.807) is 12.1 Å². The van der Waals surface area contributed by atoms with E-state index in [1.165, 1.54) is 12.1 Å². The standard InChI is InChI=1S/C15H15NO5S/c1-16(2)11-5-3-10(4-6-11)13-8-7-12(22(19,20)21)9-14(13)15(17)18/h3-9H,1-2H3,(H,17,18)(H,19,20,21). The minimum absolute atomic E-state index is 0.187. The molecule has 116 valence electrons. The second kappa shape index (κ2) is 5.78. The zero-order chi connectivity index (χ0) is 16.5. The fraction of sp³-hybridized carbons (Fsp3) is 0.133. The largest absolute Gasteiger partial charge is 0.478 e. The van der Waals surface area contributed by atoms with Crippen LogP contribution in [0.4, 0.5) is 5.69 Å². The molecule has 0 amide bonds. The molecule has 7 heteroatoms. The van der Waals surface area contributed by atoms with Crippen LogP contribution in [-0.2, 0) is 10.1 Å². The highest BCUT2D eigenvalue weighted by Gasteiger charge is 2.17. The molecule has 22 heavy (non-hydrogen) atoms. The monoisotopic (exact) mass is 321 g/mol. The van der Waals surface area contributed by atoms with Gasteiger partial charge in [0.05, 0.1) is 10.5 Å². The second-order valence-electron chi connectivity index (χ2n) is 4.93. The number of aromatic carboxylic acids is 1. The maximum Gasteiger partial charge on any atom is 0.336 e. The number of carboxylic acids is 1. The summed E-state index contributed by atoms with van der Waals surface area (Å²) in [5.41, 5.74) is 1.79. The number of anilines is 1. The van der Waals surface area contributed by atoms with Gasteiger partial charge in [0, 0.05) is 19.8 Å². The molecule has 2 aromatic rings. The first-order chi connectivity index (χ1) is 10.2. The minimum Gasteiger partial charge on any atom is -0.478 e. The van der Waals surface area contributed by atoms with Gasteiger partial charge >= 0.3 is 5.97 Å². The van der Waals surface area contributed by atoms with Crippen molar-refractivity contribution in [1.29, 1.82) is 0 Å². The molecule has 0 aliphatic rings. The zero-order valence-corrected chi connectivity index (χ0v) is 12.8. The van der Waals surface area contributed by atoms with Crippen LogP contribution in [0.1, 0.15) is 10.4 Å². The van der Waals surface area contributed by atoms with E-state index in [4.69, 9.17) is 4.55 Å². The lowest BCUT2D eigenvalue weighted by Crippen LogP contribution is -2.08. The average molecular weight is 321 g/mol. The third-order valence-corrected chi connectivity index (χ3v) is 4.06. The molecule has 0 aliphatic heterocycles. The molecule has 2 rings (SSSR count). The number of rotatable bonds is 4. The third-order valence-electron chi connectivity index (χ3n) is 3.21. The van der Waals surface area contributed by atoms with Gasteiger partial charge in [0.15, 0.2) is 0 Å². The van der Waals surface area contributed by atoms with Gasteiger partial charge in [-0.15, -0.1) is 0 Å². The van der Waals surface area contributed by atoms with Gasteiger partial charge in [0.25, 0.3) is 10.1 Å². The summed E-state index contributed by atoms with van der Waals surface area (Å²) in [5.74, 6) is -1.27. The van der Waals surface area contributed by atoms with Gasteiger partial charge < -0.3 is 10.0 Å². The van der Waals surface area contributed by atoms with Gasteiger partial charge in [-0.05, 0) is 35.4 Å². The summed E-state index contributed by atoms with van der Waals surface area (Å²) in [6.07, 6.45) is 0. The summed E-state index contributed by atoms with van der Waals surface area (Å²) in [6, 6.07) is 10.7. The van der Waals surface area contributed by atoms with E-state index >= 15 is 0 Å². The molecule has 0 atom stereocenters. The quantitative estimate of drug-likeness (QED) is 0.840. The molecule has 0 heterocycles. The van der Waals surface area contributed by atoms with Crippen LogP contribution in [0.5, 0.6) is 0 Å². The molecular weight excluding hydrogens is 306 g/mol. The number of carbonyl (C=O) groups is 1. The molecule has 0 radical (unpaired) electrons. The van der Waals surface area contributed by atoms with Crippen LogP contribution >= 0.6 is 0 Å². The Labute approximate surface area is 128 Å². The lowest BCUT2D eigenvalue weighted by molar-refractivity contribution is 0.0697. The highest BCUT2D eigenvalue weighted by Crippen LogP contribution is 2.28. The number of hydrogen-bond acceptors (Lipinski definition) is 4. The highest BCUT2D eigenvalue weighted by atomic mass is 32.2. The molecule has 0 saturated carbocycles. The molecule has 0 fully saturated rings. The average Bonchev–Trinajstić information content (AvgIpc) is 2.45. The van der Waals surface area contributed by atoms with Crippen molar-refractivity contribution in [3.63, 3.8) is 0 Å². The summed E-state index contributed by atoms with van der Waals surface area (Å²) in [7, 11) is -0.671. The van der Waals surface area contributed by atoms with Crippen molar-refractivity contribution in [1.82, 2.24) is 0 Å². The molecule has 2 aromatic carbocycles.